The van der Waals surface area contributed by atoms with Crippen molar-refractivity contribution >= 4 is 5.69 Å². The van der Waals surface area contributed by atoms with Gasteiger partial charge in [0.25, 0.3) is 0 Å². The van der Waals surface area contributed by atoms with Gasteiger partial charge in [-0.1, -0.05) is 31.5 Å². The van der Waals surface area contributed by atoms with Crippen LogP contribution >= 0.6 is 0 Å². The topological polar surface area (TPSA) is 15.3 Å². The Labute approximate surface area is 118 Å². The summed E-state index contributed by atoms with van der Waals surface area (Å²) in [4.78, 5) is 2.45. The summed E-state index contributed by atoms with van der Waals surface area (Å²) < 4.78 is 0. The van der Waals surface area contributed by atoms with Crippen molar-refractivity contribution in [2.45, 2.75) is 52.0 Å². The molecule has 1 aromatic carbocycles. The molecule has 1 unspecified atom stereocenters. The standard InChI is InChI=1S/C17H28N2/c1-4-15-9-7-8-14(2)17(15)19(3)13-11-16-10-5-6-12-18-16/h7-9,16,18H,4-6,10-13H2,1-3H3. The lowest BCUT2D eigenvalue weighted by Gasteiger charge is -2.29. The number of hydrogen-bond acceptors (Lipinski definition) is 2. The van der Waals surface area contributed by atoms with Crippen LogP contribution in [0, 0.1) is 6.92 Å². The van der Waals surface area contributed by atoms with E-state index in [1.807, 2.05) is 0 Å². The Hall–Kier alpha value is -1.02. The number of para-hydroxylation sites is 1. The summed E-state index contributed by atoms with van der Waals surface area (Å²) in [5.74, 6) is 0. The van der Waals surface area contributed by atoms with E-state index in [4.69, 9.17) is 0 Å². The van der Waals surface area contributed by atoms with Gasteiger partial charge in [0.05, 0.1) is 0 Å². The minimum absolute atomic E-state index is 0.727. The van der Waals surface area contributed by atoms with Crippen molar-refractivity contribution in [1.29, 1.82) is 0 Å². The third-order valence-electron chi connectivity index (χ3n) is 4.31. The molecule has 106 valence electrons. The highest BCUT2D eigenvalue weighted by molar-refractivity contribution is 5.58. The number of nitrogens with zero attached hydrogens (tertiary/aromatic N) is 1. The zero-order valence-electron chi connectivity index (χ0n) is 12.7. The summed E-state index contributed by atoms with van der Waals surface area (Å²) in [7, 11) is 2.24. The van der Waals surface area contributed by atoms with Gasteiger partial charge in [-0.3, -0.25) is 0 Å². The van der Waals surface area contributed by atoms with Gasteiger partial charge < -0.3 is 10.2 Å². The molecule has 1 atom stereocenters. The molecule has 0 saturated carbocycles. The van der Waals surface area contributed by atoms with Gasteiger partial charge in [0, 0.05) is 25.3 Å². The van der Waals surface area contributed by atoms with Crippen LogP contribution in [0.2, 0.25) is 0 Å². The average Bonchev–Trinajstić information content (AvgIpc) is 2.45. The third-order valence-corrected chi connectivity index (χ3v) is 4.31. The summed E-state index contributed by atoms with van der Waals surface area (Å²) in [5, 5.41) is 3.64. The van der Waals surface area contributed by atoms with Crippen LogP contribution in [-0.2, 0) is 6.42 Å². The molecule has 0 radical (unpaired) electrons. The van der Waals surface area contributed by atoms with Crippen LogP contribution in [0.5, 0.6) is 0 Å². The summed E-state index contributed by atoms with van der Waals surface area (Å²) in [6, 6.07) is 7.39. The zero-order valence-corrected chi connectivity index (χ0v) is 12.7. The fraction of sp³-hybridized carbons (Fsp3) is 0.647. The molecule has 0 aliphatic carbocycles. The summed E-state index contributed by atoms with van der Waals surface area (Å²) in [6.07, 6.45) is 6.47. The quantitative estimate of drug-likeness (QED) is 0.871. The molecule has 0 bridgehead atoms. The van der Waals surface area contributed by atoms with Gasteiger partial charge in [-0.2, -0.15) is 0 Å². The van der Waals surface area contributed by atoms with Crippen molar-refractivity contribution in [1.82, 2.24) is 5.32 Å². The molecule has 1 fully saturated rings. The second kappa shape index (κ2) is 6.95. The fourth-order valence-electron chi connectivity index (χ4n) is 3.18. The molecule has 19 heavy (non-hydrogen) atoms. The summed E-state index contributed by atoms with van der Waals surface area (Å²) in [6.45, 7) is 6.83. The number of benzene rings is 1. The second-order valence-corrected chi connectivity index (χ2v) is 5.79. The molecule has 0 amide bonds. The second-order valence-electron chi connectivity index (χ2n) is 5.79. The molecular formula is C17H28N2. The molecule has 1 N–H and O–H groups in total. The van der Waals surface area contributed by atoms with E-state index in [-0.39, 0.29) is 0 Å². The van der Waals surface area contributed by atoms with Crippen molar-refractivity contribution in [2.24, 2.45) is 0 Å². The van der Waals surface area contributed by atoms with E-state index >= 15 is 0 Å². The van der Waals surface area contributed by atoms with Crippen LogP contribution in [0.15, 0.2) is 18.2 Å². The molecule has 2 heteroatoms. The fourth-order valence-corrected chi connectivity index (χ4v) is 3.18. The molecule has 0 spiro atoms. The van der Waals surface area contributed by atoms with Crippen molar-refractivity contribution in [3.8, 4) is 0 Å². The number of nitrogens with one attached hydrogen (secondary N) is 1. The predicted octanol–water partition coefficient (Wildman–Crippen LogP) is 3.53. The SMILES string of the molecule is CCc1cccc(C)c1N(C)CCC1CCCCN1. The molecule has 1 aromatic rings. The predicted molar refractivity (Wildman–Crippen MR) is 84.1 cm³/mol. The Kier molecular flexibility index (Phi) is 5.26. The first kappa shape index (κ1) is 14.4. The van der Waals surface area contributed by atoms with Crippen LogP contribution in [0.4, 0.5) is 5.69 Å². The molecular weight excluding hydrogens is 232 g/mol. The minimum Gasteiger partial charge on any atom is -0.374 e. The molecule has 1 heterocycles. The minimum atomic E-state index is 0.727. The van der Waals surface area contributed by atoms with Gasteiger partial charge in [-0.05, 0) is 50.3 Å². The molecule has 0 aromatic heterocycles. The Balaban J connectivity index is 1.97. The van der Waals surface area contributed by atoms with Crippen molar-refractivity contribution in [3.05, 3.63) is 29.3 Å². The highest BCUT2D eigenvalue weighted by Crippen LogP contribution is 2.25. The first-order valence-corrected chi connectivity index (χ1v) is 7.75. The first-order chi connectivity index (χ1) is 9.22. The molecule has 2 rings (SSSR count). The lowest BCUT2D eigenvalue weighted by Crippen LogP contribution is -2.37. The van der Waals surface area contributed by atoms with Gasteiger partial charge >= 0.3 is 0 Å². The van der Waals surface area contributed by atoms with Crippen LogP contribution in [0.3, 0.4) is 0 Å². The summed E-state index contributed by atoms with van der Waals surface area (Å²) >= 11 is 0. The van der Waals surface area contributed by atoms with Gasteiger partial charge in [0.1, 0.15) is 0 Å². The van der Waals surface area contributed by atoms with Crippen molar-refractivity contribution < 1.29 is 0 Å². The van der Waals surface area contributed by atoms with E-state index in [0.29, 0.717) is 0 Å². The van der Waals surface area contributed by atoms with Crippen LogP contribution < -0.4 is 10.2 Å². The Morgan fingerprint density at radius 2 is 2.16 bits per heavy atom. The van der Waals surface area contributed by atoms with Gasteiger partial charge in [0.2, 0.25) is 0 Å². The first-order valence-electron chi connectivity index (χ1n) is 7.75. The number of rotatable bonds is 5. The summed E-state index contributed by atoms with van der Waals surface area (Å²) in [5.41, 5.74) is 4.32. The van der Waals surface area contributed by atoms with Crippen molar-refractivity contribution in [3.63, 3.8) is 0 Å². The Morgan fingerprint density at radius 3 is 2.84 bits per heavy atom. The van der Waals surface area contributed by atoms with E-state index in [9.17, 15) is 0 Å². The van der Waals surface area contributed by atoms with Gasteiger partial charge in [-0.15, -0.1) is 0 Å². The number of piperidine rings is 1. The lowest BCUT2D eigenvalue weighted by atomic mass is 10.0. The maximum atomic E-state index is 3.64. The normalized spacial score (nSPS) is 19.4. The van der Waals surface area contributed by atoms with E-state index < -0.39 is 0 Å². The van der Waals surface area contributed by atoms with Crippen LogP contribution in [0.1, 0.15) is 43.7 Å². The average molecular weight is 260 g/mol. The van der Waals surface area contributed by atoms with E-state index in [1.165, 1.54) is 49.0 Å². The maximum absolute atomic E-state index is 3.64. The van der Waals surface area contributed by atoms with Crippen LogP contribution in [0.25, 0.3) is 0 Å². The van der Waals surface area contributed by atoms with Crippen molar-refractivity contribution in [2.75, 3.05) is 25.0 Å². The van der Waals surface area contributed by atoms with E-state index in [1.54, 1.807) is 0 Å². The number of anilines is 1. The molecule has 1 aliphatic heterocycles. The third kappa shape index (κ3) is 3.73. The monoisotopic (exact) mass is 260 g/mol. The highest BCUT2D eigenvalue weighted by atomic mass is 15.1. The van der Waals surface area contributed by atoms with Gasteiger partial charge in [0.15, 0.2) is 0 Å². The number of aryl methyl sites for hydroxylation is 2. The van der Waals surface area contributed by atoms with Gasteiger partial charge in [-0.25, -0.2) is 0 Å². The van der Waals surface area contributed by atoms with Crippen LogP contribution in [-0.4, -0.2) is 26.2 Å². The lowest BCUT2D eigenvalue weighted by molar-refractivity contribution is 0.384. The molecule has 2 nitrogen and oxygen atoms in total. The zero-order chi connectivity index (χ0) is 13.7. The largest absolute Gasteiger partial charge is 0.374 e. The van der Waals surface area contributed by atoms with E-state index in [0.717, 1.165) is 19.0 Å². The Bertz CT molecular complexity index is 394. The Morgan fingerprint density at radius 1 is 1.32 bits per heavy atom. The smallest absolute Gasteiger partial charge is 0.0425 e. The molecule has 1 aliphatic rings. The number of hydrogen-bond donors (Lipinski definition) is 1. The maximum Gasteiger partial charge on any atom is 0.0425 e. The highest BCUT2D eigenvalue weighted by Gasteiger charge is 2.15. The molecule has 1 saturated heterocycles. The van der Waals surface area contributed by atoms with E-state index in [2.05, 4.69) is 49.3 Å².